The first-order chi connectivity index (χ1) is 9.56. The van der Waals surface area contributed by atoms with Crippen molar-refractivity contribution < 1.29 is 5.21 Å². The number of hydrogen-bond donors (Lipinski definition) is 3. The summed E-state index contributed by atoms with van der Waals surface area (Å²) in [7, 11) is 0. The third kappa shape index (κ3) is 2.13. The summed E-state index contributed by atoms with van der Waals surface area (Å²) in [5.41, 5.74) is 3.42. The Hall–Kier alpha value is -2.04. The quantitative estimate of drug-likeness (QED) is 0.748. The van der Waals surface area contributed by atoms with Crippen molar-refractivity contribution >= 4 is 23.1 Å². The molecule has 2 aromatic carbocycles. The van der Waals surface area contributed by atoms with Crippen LogP contribution in [0, 0.1) is 12.3 Å². The summed E-state index contributed by atoms with van der Waals surface area (Å²) in [6.07, 6.45) is -0.475. The van der Waals surface area contributed by atoms with Gasteiger partial charge in [-0.1, -0.05) is 41.4 Å². The predicted octanol–water partition coefficient (Wildman–Crippen LogP) is 3.79. The van der Waals surface area contributed by atoms with Crippen molar-refractivity contribution in [3.63, 3.8) is 0 Å². The van der Waals surface area contributed by atoms with E-state index >= 15 is 0 Å². The number of nitrogens with zero attached hydrogens (tertiary/aromatic N) is 1. The third-order valence-electron chi connectivity index (χ3n) is 3.40. The lowest BCUT2D eigenvalue weighted by atomic mass is 10.0. The summed E-state index contributed by atoms with van der Waals surface area (Å²) < 4.78 is 0. The maximum Gasteiger partial charge on any atom is 0.157 e. The summed E-state index contributed by atoms with van der Waals surface area (Å²) in [4.78, 5) is 0. The Balaban J connectivity index is 2.02. The minimum absolute atomic E-state index is 0.0341. The lowest BCUT2D eigenvalue weighted by molar-refractivity contribution is -0.0481. The van der Waals surface area contributed by atoms with Crippen LogP contribution in [0.2, 0.25) is 5.02 Å². The molecular weight excluding hydrogens is 274 g/mol. The molecule has 1 aliphatic rings. The molecule has 0 saturated heterocycles. The molecule has 0 fully saturated rings. The fourth-order valence-electron chi connectivity index (χ4n) is 2.27. The molecule has 102 valence electrons. The van der Waals surface area contributed by atoms with Crippen molar-refractivity contribution in [2.45, 2.75) is 13.1 Å². The highest BCUT2D eigenvalue weighted by Crippen LogP contribution is 2.33. The Morgan fingerprint density at radius 1 is 1.20 bits per heavy atom. The summed E-state index contributed by atoms with van der Waals surface area (Å²) in [5, 5.41) is 22.9. The lowest BCUT2D eigenvalue weighted by Gasteiger charge is -2.35. The number of fused-ring (bicyclic) bond motifs is 1. The first-order valence-electron chi connectivity index (χ1n) is 6.26. The molecule has 1 atom stereocenters. The van der Waals surface area contributed by atoms with Gasteiger partial charge < -0.3 is 5.32 Å². The average molecular weight is 288 g/mol. The first-order valence-corrected chi connectivity index (χ1v) is 6.64. The van der Waals surface area contributed by atoms with E-state index in [-0.39, 0.29) is 5.84 Å². The number of nitrogens with one attached hydrogen (secondary N) is 2. The van der Waals surface area contributed by atoms with Crippen molar-refractivity contribution in [1.82, 2.24) is 5.06 Å². The van der Waals surface area contributed by atoms with Crippen LogP contribution in [-0.4, -0.2) is 16.1 Å². The number of benzene rings is 2. The maximum atomic E-state index is 10.2. The summed E-state index contributed by atoms with van der Waals surface area (Å²) in [6, 6.07) is 13.1. The van der Waals surface area contributed by atoms with Gasteiger partial charge in [-0.15, -0.1) is 0 Å². The van der Waals surface area contributed by atoms with Crippen LogP contribution < -0.4 is 5.32 Å². The fourth-order valence-corrected chi connectivity index (χ4v) is 2.44. The Morgan fingerprint density at radius 2 is 1.90 bits per heavy atom. The zero-order valence-electron chi connectivity index (χ0n) is 10.9. The normalized spacial score (nSPS) is 17.6. The summed E-state index contributed by atoms with van der Waals surface area (Å²) in [6.45, 7) is 2.01. The van der Waals surface area contributed by atoms with Gasteiger partial charge in [-0.25, -0.2) is 5.06 Å². The monoisotopic (exact) mass is 287 g/mol. The average Bonchev–Trinajstić information content (AvgIpc) is 2.44. The molecule has 0 aliphatic carbocycles. The Morgan fingerprint density at radius 3 is 2.60 bits per heavy atom. The largest absolute Gasteiger partial charge is 0.359 e. The molecule has 1 unspecified atom stereocenters. The maximum absolute atomic E-state index is 10.2. The zero-order valence-corrected chi connectivity index (χ0v) is 11.6. The van der Waals surface area contributed by atoms with Gasteiger partial charge in [0, 0.05) is 16.3 Å². The van der Waals surface area contributed by atoms with Gasteiger partial charge in [0.1, 0.15) is 0 Å². The van der Waals surface area contributed by atoms with Crippen molar-refractivity contribution in [2.75, 3.05) is 5.32 Å². The second-order valence-electron chi connectivity index (χ2n) is 4.84. The number of hydroxylamine groups is 2. The van der Waals surface area contributed by atoms with Crippen LogP contribution in [0.3, 0.4) is 0 Å². The number of halogens is 1. The van der Waals surface area contributed by atoms with Gasteiger partial charge in [0.2, 0.25) is 0 Å². The minimum atomic E-state index is -0.475. The highest BCUT2D eigenvalue weighted by Gasteiger charge is 2.29. The molecule has 0 aromatic heterocycles. The fraction of sp³-hybridized carbons (Fsp3) is 0.133. The van der Waals surface area contributed by atoms with Crippen LogP contribution in [-0.2, 0) is 0 Å². The second kappa shape index (κ2) is 4.81. The van der Waals surface area contributed by atoms with E-state index in [9.17, 15) is 5.21 Å². The smallest absolute Gasteiger partial charge is 0.157 e. The molecule has 0 saturated carbocycles. The van der Waals surface area contributed by atoms with Gasteiger partial charge >= 0.3 is 0 Å². The van der Waals surface area contributed by atoms with Gasteiger partial charge in [0.05, 0.1) is 0 Å². The van der Waals surface area contributed by atoms with Crippen LogP contribution >= 0.6 is 11.6 Å². The molecule has 1 heterocycles. The van der Waals surface area contributed by atoms with Crippen molar-refractivity contribution in [1.29, 1.82) is 5.41 Å². The second-order valence-corrected chi connectivity index (χ2v) is 5.28. The molecule has 3 rings (SSSR count). The highest BCUT2D eigenvalue weighted by atomic mass is 35.5. The van der Waals surface area contributed by atoms with Gasteiger partial charge in [-0.2, -0.15) is 0 Å². The zero-order chi connectivity index (χ0) is 14.3. The number of rotatable bonds is 1. The van der Waals surface area contributed by atoms with Crippen LogP contribution in [0.25, 0.3) is 0 Å². The molecule has 2 aromatic rings. The van der Waals surface area contributed by atoms with Crippen molar-refractivity contribution in [3.8, 4) is 0 Å². The SMILES string of the molecule is Cc1ccc(C2Nc3ccc(Cl)cc3C(=N)N2O)cc1. The topological polar surface area (TPSA) is 59.4 Å². The number of anilines is 1. The van der Waals surface area contributed by atoms with Crippen molar-refractivity contribution in [3.05, 3.63) is 64.2 Å². The molecular formula is C15H14ClN3O. The van der Waals surface area contributed by atoms with Gasteiger partial charge in [-0.05, 0) is 30.7 Å². The molecule has 3 N–H and O–H groups in total. The lowest BCUT2D eigenvalue weighted by Crippen LogP contribution is -2.40. The number of hydrogen-bond acceptors (Lipinski definition) is 3. The molecule has 20 heavy (non-hydrogen) atoms. The Labute approximate surface area is 122 Å². The van der Waals surface area contributed by atoms with E-state index in [1.165, 1.54) is 0 Å². The molecule has 1 aliphatic heterocycles. The van der Waals surface area contributed by atoms with E-state index in [0.717, 1.165) is 21.9 Å². The van der Waals surface area contributed by atoms with Crippen molar-refractivity contribution in [2.24, 2.45) is 0 Å². The first kappa shape index (κ1) is 13.0. The van der Waals surface area contributed by atoms with E-state index in [2.05, 4.69) is 5.32 Å². The van der Waals surface area contributed by atoms with Crippen LogP contribution in [0.1, 0.15) is 22.9 Å². The van der Waals surface area contributed by atoms with E-state index in [1.54, 1.807) is 12.1 Å². The van der Waals surface area contributed by atoms with Crippen LogP contribution in [0.15, 0.2) is 42.5 Å². The van der Waals surface area contributed by atoms with Gasteiger partial charge in [-0.3, -0.25) is 10.6 Å². The molecule has 0 bridgehead atoms. The number of aryl methyl sites for hydroxylation is 1. The Bertz CT molecular complexity index is 669. The summed E-state index contributed by atoms with van der Waals surface area (Å²) >= 11 is 5.94. The molecule has 0 amide bonds. The molecule has 5 heteroatoms. The van der Waals surface area contributed by atoms with Crippen LogP contribution in [0.5, 0.6) is 0 Å². The number of amidine groups is 1. The predicted molar refractivity (Wildman–Crippen MR) is 79.4 cm³/mol. The van der Waals surface area contributed by atoms with Gasteiger partial charge in [0.15, 0.2) is 12.0 Å². The molecule has 0 radical (unpaired) electrons. The van der Waals surface area contributed by atoms with E-state index < -0.39 is 6.17 Å². The van der Waals surface area contributed by atoms with E-state index in [0.29, 0.717) is 10.6 Å². The molecule has 0 spiro atoms. The third-order valence-corrected chi connectivity index (χ3v) is 3.63. The standard InChI is InChI=1S/C15H14ClN3O/c1-9-2-4-10(5-3-9)15-18-13-7-6-11(16)8-12(13)14(17)19(15)20/h2-8,15,17-18,20H,1H3. The highest BCUT2D eigenvalue weighted by molar-refractivity contribution is 6.31. The van der Waals surface area contributed by atoms with E-state index in [1.807, 2.05) is 37.3 Å². The van der Waals surface area contributed by atoms with Crippen LogP contribution in [0.4, 0.5) is 5.69 Å². The summed E-state index contributed by atoms with van der Waals surface area (Å²) in [5.74, 6) is 0.0341. The van der Waals surface area contributed by atoms with E-state index in [4.69, 9.17) is 17.0 Å². The molecule has 4 nitrogen and oxygen atoms in total. The van der Waals surface area contributed by atoms with Gasteiger partial charge in [0.25, 0.3) is 0 Å². The Kier molecular flexibility index (Phi) is 3.12. The minimum Gasteiger partial charge on any atom is -0.359 e.